The largest absolute Gasteiger partial charge is 0.512 e. The summed E-state index contributed by atoms with van der Waals surface area (Å²) in [5, 5.41) is 10.9. The highest BCUT2D eigenvalue weighted by atomic mass is 32.2. The van der Waals surface area contributed by atoms with Gasteiger partial charge in [-0.05, 0) is 72.6 Å². The maximum atomic E-state index is 13.1. The summed E-state index contributed by atoms with van der Waals surface area (Å²) in [4.78, 5) is 14.5. The number of ketones is 1. The molecular formula is C27H34O2S. The molecule has 1 unspecified atom stereocenters. The molecule has 2 aromatic carbocycles. The summed E-state index contributed by atoms with van der Waals surface area (Å²) in [7, 11) is 0. The van der Waals surface area contributed by atoms with Crippen molar-refractivity contribution in [1.82, 2.24) is 0 Å². The maximum Gasteiger partial charge on any atom is 0.167 e. The van der Waals surface area contributed by atoms with Crippen molar-refractivity contribution in [3.63, 3.8) is 0 Å². The van der Waals surface area contributed by atoms with Crippen LogP contribution in [0.1, 0.15) is 67.9 Å². The molecule has 0 bridgehead atoms. The summed E-state index contributed by atoms with van der Waals surface area (Å²) >= 11 is 1.87. The van der Waals surface area contributed by atoms with E-state index >= 15 is 0 Å². The van der Waals surface area contributed by atoms with E-state index in [4.69, 9.17) is 0 Å². The van der Waals surface area contributed by atoms with Gasteiger partial charge in [0.2, 0.25) is 0 Å². The highest BCUT2D eigenvalue weighted by Gasteiger charge is 2.30. The fraction of sp³-hybridized carbons (Fsp3) is 0.444. The van der Waals surface area contributed by atoms with Gasteiger partial charge in [0, 0.05) is 17.7 Å². The van der Waals surface area contributed by atoms with Crippen LogP contribution in [-0.4, -0.2) is 16.6 Å². The van der Waals surface area contributed by atoms with Crippen molar-refractivity contribution in [3.8, 4) is 0 Å². The first-order chi connectivity index (χ1) is 14.5. The minimum absolute atomic E-state index is 0.107. The summed E-state index contributed by atoms with van der Waals surface area (Å²) in [6, 6.07) is 12.9. The Morgan fingerprint density at radius 2 is 1.60 bits per heavy atom. The van der Waals surface area contributed by atoms with Crippen molar-refractivity contribution in [2.45, 2.75) is 71.1 Å². The van der Waals surface area contributed by atoms with E-state index < -0.39 is 0 Å². The van der Waals surface area contributed by atoms with E-state index in [9.17, 15) is 9.90 Å². The van der Waals surface area contributed by atoms with E-state index in [1.807, 2.05) is 11.8 Å². The van der Waals surface area contributed by atoms with E-state index in [1.165, 1.54) is 27.1 Å². The van der Waals surface area contributed by atoms with Crippen molar-refractivity contribution in [2.75, 3.05) is 5.75 Å². The van der Waals surface area contributed by atoms with Crippen molar-refractivity contribution in [1.29, 1.82) is 0 Å². The summed E-state index contributed by atoms with van der Waals surface area (Å²) in [5.41, 5.74) is 6.53. The van der Waals surface area contributed by atoms with Gasteiger partial charge in [-0.1, -0.05) is 56.7 Å². The van der Waals surface area contributed by atoms with Gasteiger partial charge >= 0.3 is 0 Å². The standard InChI is InChI=1S/C27H34O2S/c1-5-20-10-8-9-11-25(20)30-13-12-19-16-23(28)27(24(29)17-19)26-21(6-2)14-18(4)15-22(26)7-3/h8-11,14-15,19,28H,5-7,12-13,16-17H2,1-4H3. The topological polar surface area (TPSA) is 37.3 Å². The number of aliphatic hydroxyl groups is 1. The first-order valence-corrected chi connectivity index (χ1v) is 12.3. The highest BCUT2D eigenvalue weighted by molar-refractivity contribution is 7.99. The van der Waals surface area contributed by atoms with Crippen LogP contribution >= 0.6 is 11.8 Å². The normalized spacial score (nSPS) is 16.9. The number of Topliss-reactive ketones (excluding diaryl/α,β-unsaturated/α-hetero) is 1. The van der Waals surface area contributed by atoms with Gasteiger partial charge < -0.3 is 5.11 Å². The van der Waals surface area contributed by atoms with Crippen molar-refractivity contribution < 1.29 is 9.90 Å². The Bertz CT molecular complexity index is 917. The van der Waals surface area contributed by atoms with E-state index in [1.54, 1.807) is 0 Å². The molecule has 0 heterocycles. The molecule has 0 spiro atoms. The van der Waals surface area contributed by atoms with Crippen LogP contribution in [0.2, 0.25) is 0 Å². The molecular weight excluding hydrogens is 388 g/mol. The van der Waals surface area contributed by atoms with Gasteiger partial charge in [0.25, 0.3) is 0 Å². The number of aryl methyl sites for hydroxylation is 4. The lowest BCUT2D eigenvalue weighted by molar-refractivity contribution is -0.115. The number of carbonyl (C=O) groups excluding carboxylic acids is 1. The Labute approximate surface area is 185 Å². The average Bonchev–Trinajstić information content (AvgIpc) is 2.74. The Kier molecular flexibility index (Phi) is 7.82. The Balaban J connectivity index is 1.76. The number of aliphatic hydroxyl groups excluding tert-OH is 1. The molecule has 0 aliphatic heterocycles. The maximum absolute atomic E-state index is 13.1. The number of hydrogen-bond acceptors (Lipinski definition) is 3. The summed E-state index contributed by atoms with van der Waals surface area (Å²) in [6.45, 7) is 8.53. The van der Waals surface area contributed by atoms with Crippen LogP contribution in [0.25, 0.3) is 5.57 Å². The van der Waals surface area contributed by atoms with E-state index in [0.717, 1.165) is 37.0 Å². The van der Waals surface area contributed by atoms with Crippen LogP contribution in [0.5, 0.6) is 0 Å². The summed E-state index contributed by atoms with van der Waals surface area (Å²) in [6.07, 6.45) is 4.86. The smallest absolute Gasteiger partial charge is 0.167 e. The Hall–Kier alpha value is -2.00. The SMILES string of the molecule is CCc1ccccc1SCCC1CC(=O)C(c2c(CC)cc(C)cc2CC)=C(O)C1. The van der Waals surface area contributed by atoms with Crippen LogP contribution in [0, 0.1) is 12.8 Å². The molecule has 1 aliphatic carbocycles. The number of allylic oxidation sites excluding steroid dienone is 2. The lowest BCUT2D eigenvalue weighted by Gasteiger charge is -2.26. The molecule has 0 radical (unpaired) electrons. The third-order valence-electron chi connectivity index (χ3n) is 6.12. The predicted molar refractivity (Wildman–Crippen MR) is 128 cm³/mol. The molecule has 160 valence electrons. The highest BCUT2D eigenvalue weighted by Crippen LogP contribution is 2.38. The molecule has 0 aromatic heterocycles. The molecule has 0 saturated heterocycles. The predicted octanol–water partition coefficient (Wildman–Crippen LogP) is 7.11. The molecule has 1 atom stereocenters. The first kappa shape index (κ1) is 22.7. The molecule has 30 heavy (non-hydrogen) atoms. The van der Waals surface area contributed by atoms with Gasteiger partial charge in [-0.25, -0.2) is 0 Å². The second kappa shape index (κ2) is 10.3. The number of hydrogen-bond donors (Lipinski definition) is 1. The van der Waals surface area contributed by atoms with Crippen molar-refractivity contribution >= 4 is 23.1 Å². The molecule has 1 N–H and O–H groups in total. The molecule has 3 rings (SSSR count). The zero-order valence-electron chi connectivity index (χ0n) is 18.8. The number of carbonyl (C=O) groups is 1. The summed E-state index contributed by atoms with van der Waals surface area (Å²) < 4.78 is 0. The molecule has 0 saturated carbocycles. The van der Waals surface area contributed by atoms with Crippen LogP contribution in [0.15, 0.2) is 47.1 Å². The van der Waals surface area contributed by atoms with Gasteiger partial charge in [-0.3, -0.25) is 4.79 Å². The molecule has 1 aliphatic rings. The minimum Gasteiger partial charge on any atom is -0.512 e. The second-order valence-corrected chi connectivity index (χ2v) is 9.42. The third kappa shape index (κ3) is 5.00. The lowest BCUT2D eigenvalue weighted by Crippen LogP contribution is -2.21. The molecule has 0 amide bonds. The molecule has 2 nitrogen and oxygen atoms in total. The Morgan fingerprint density at radius 1 is 0.967 bits per heavy atom. The van der Waals surface area contributed by atoms with Crippen LogP contribution < -0.4 is 0 Å². The van der Waals surface area contributed by atoms with E-state index in [-0.39, 0.29) is 11.7 Å². The zero-order valence-corrected chi connectivity index (χ0v) is 19.6. The van der Waals surface area contributed by atoms with Crippen LogP contribution in [0.3, 0.4) is 0 Å². The Morgan fingerprint density at radius 3 is 2.20 bits per heavy atom. The number of benzene rings is 2. The number of thioether (sulfide) groups is 1. The average molecular weight is 423 g/mol. The van der Waals surface area contributed by atoms with E-state index in [2.05, 4.69) is 64.1 Å². The van der Waals surface area contributed by atoms with Gasteiger partial charge in [0.1, 0.15) is 5.76 Å². The fourth-order valence-corrected chi connectivity index (χ4v) is 5.80. The zero-order chi connectivity index (χ0) is 21.7. The van der Waals surface area contributed by atoms with Crippen LogP contribution in [0.4, 0.5) is 0 Å². The minimum atomic E-state index is 0.107. The van der Waals surface area contributed by atoms with Gasteiger partial charge in [0.05, 0.1) is 5.57 Å². The number of rotatable bonds is 8. The summed E-state index contributed by atoms with van der Waals surface area (Å²) in [5.74, 6) is 1.60. The second-order valence-electron chi connectivity index (χ2n) is 8.28. The van der Waals surface area contributed by atoms with Gasteiger partial charge in [-0.15, -0.1) is 11.8 Å². The van der Waals surface area contributed by atoms with Crippen molar-refractivity contribution in [3.05, 3.63) is 70.0 Å². The molecule has 2 aromatic rings. The fourth-order valence-electron chi connectivity index (χ4n) is 4.55. The van der Waals surface area contributed by atoms with Gasteiger partial charge in [0.15, 0.2) is 5.78 Å². The van der Waals surface area contributed by atoms with E-state index in [0.29, 0.717) is 24.2 Å². The van der Waals surface area contributed by atoms with Crippen LogP contribution in [-0.2, 0) is 24.1 Å². The third-order valence-corrected chi connectivity index (χ3v) is 7.27. The lowest BCUT2D eigenvalue weighted by atomic mass is 9.79. The molecule has 3 heteroatoms. The van der Waals surface area contributed by atoms with Crippen molar-refractivity contribution in [2.24, 2.45) is 5.92 Å². The molecule has 0 fully saturated rings. The monoisotopic (exact) mass is 422 g/mol. The first-order valence-electron chi connectivity index (χ1n) is 11.3. The van der Waals surface area contributed by atoms with Gasteiger partial charge in [-0.2, -0.15) is 0 Å². The quantitative estimate of drug-likeness (QED) is 0.460.